The average molecular weight is 283 g/mol. The number of aryl methyl sites for hydroxylation is 1. The van der Waals surface area contributed by atoms with Gasteiger partial charge in [-0.25, -0.2) is 4.98 Å². The molecule has 1 aromatic heterocycles. The summed E-state index contributed by atoms with van der Waals surface area (Å²) in [6, 6.07) is 6.73. The predicted molar refractivity (Wildman–Crippen MR) is 87.2 cm³/mol. The van der Waals surface area contributed by atoms with Gasteiger partial charge in [-0.05, 0) is 62.1 Å². The molecule has 1 aromatic carbocycles. The Labute approximate surface area is 126 Å². The first-order valence-corrected chi connectivity index (χ1v) is 8.43. The van der Waals surface area contributed by atoms with Gasteiger partial charge >= 0.3 is 0 Å². The summed E-state index contributed by atoms with van der Waals surface area (Å²) in [6.45, 7) is 4.61. The van der Waals surface area contributed by atoms with Crippen LogP contribution in [0.5, 0.6) is 0 Å². The molecule has 0 aliphatic heterocycles. The molecular formula is C18H25N3. The fraction of sp³-hybridized carbons (Fsp3) is 0.611. The van der Waals surface area contributed by atoms with E-state index < -0.39 is 0 Å². The number of rotatable bonds is 3. The van der Waals surface area contributed by atoms with Crippen LogP contribution in [0.3, 0.4) is 0 Å². The second kappa shape index (κ2) is 4.75. The number of hydrogen-bond acceptors (Lipinski definition) is 2. The van der Waals surface area contributed by atoms with Gasteiger partial charge in [0.15, 0.2) is 0 Å². The summed E-state index contributed by atoms with van der Waals surface area (Å²) in [5, 5.41) is 0. The average Bonchev–Trinajstić information content (AvgIpc) is 3.18. The third kappa shape index (κ3) is 1.97. The van der Waals surface area contributed by atoms with E-state index >= 15 is 0 Å². The standard InChI is InChI=1S/C18H25N3/c1-3-18-20-16-10-14(19)6-7-17(16)21(18)11(2)15-9-12-4-5-13(15)8-12/h6-7,10-13,15H,3-5,8-9,19H2,1-2H3. The van der Waals surface area contributed by atoms with Gasteiger partial charge in [0, 0.05) is 18.2 Å². The summed E-state index contributed by atoms with van der Waals surface area (Å²) in [5.41, 5.74) is 9.05. The van der Waals surface area contributed by atoms with E-state index in [2.05, 4.69) is 24.5 Å². The number of benzene rings is 1. The molecule has 2 saturated carbocycles. The Morgan fingerprint density at radius 3 is 2.86 bits per heavy atom. The van der Waals surface area contributed by atoms with Crippen molar-refractivity contribution in [2.75, 3.05) is 5.73 Å². The fourth-order valence-electron chi connectivity index (χ4n) is 4.95. The summed E-state index contributed by atoms with van der Waals surface area (Å²) >= 11 is 0. The number of nitrogens with two attached hydrogens (primary N) is 1. The Kier molecular flexibility index (Phi) is 2.98. The third-order valence-corrected chi connectivity index (χ3v) is 5.92. The summed E-state index contributed by atoms with van der Waals surface area (Å²) in [5.74, 6) is 3.99. The van der Waals surface area contributed by atoms with Gasteiger partial charge < -0.3 is 10.3 Å². The van der Waals surface area contributed by atoms with Crippen LogP contribution in [0.4, 0.5) is 5.69 Å². The SMILES string of the molecule is CCc1nc2cc(N)ccc2n1C(C)C1CC2CCC1C2. The minimum Gasteiger partial charge on any atom is -0.399 e. The summed E-state index contributed by atoms with van der Waals surface area (Å²) in [6.07, 6.45) is 6.79. The van der Waals surface area contributed by atoms with Gasteiger partial charge in [0.1, 0.15) is 5.82 Å². The Bertz CT molecular complexity index is 672. The van der Waals surface area contributed by atoms with Crippen LogP contribution in [0.15, 0.2) is 18.2 Å². The smallest absolute Gasteiger partial charge is 0.109 e. The number of imidazole rings is 1. The van der Waals surface area contributed by atoms with Crippen LogP contribution in [0, 0.1) is 17.8 Å². The highest BCUT2D eigenvalue weighted by Gasteiger charge is 2.42. The van der Waals surface area contributed by atoms with Crippen LogP contribution < -0.4 is 5.73 Å². The summed E-state index contributed by atoms with van der Waals surface area (Å²) in [4.78, 5) is 4.83. The number of anilines is 1. The zero-order valence-electron chi connectivity index (χ0n) is 13.0. The Morgan fingerprint density at radius 1 is 1.33 bits per heavy atom. The highest BCUT2D eigenvalue weighted by molar-refractivity contribution is 5.79. The molecule has 0 spiro atoms. The van der Waals surface area contributed by atoms with Crippen molar-refractivity contribution in [2.24, 2.45) is 17.8 Å². The van der Waals surface area contributed by atoms with Crippen molar-refractivity contribution in [1.29, 1.82) is 0 Å². The van der Waals surface area contributed by atoms with Crippen LogP contribution in [0.2, 0.25) is 0 Å². The van der Waals surface area contributed by atoms with Gasteiger partial charge in [-0.15, -0.1) is 0 Å². The lowest BCUT2D eigenvalue weighted by atomic mass is 9.83. The first-order chi connectivity index (χ1) is 10.2. The van der Waals surface area contributed by atoms with E-state index in [0.29, 0.717) is 6.04 Å². The highest BCUT2D eigenvalue weighted by atomic mass is 15.1. The lowest BCUT2D eigenvalue weighted by molar-refractivity contribution is 0.243. The van der Waals surface area contributed by atoms with Crippen LogP contribution in [0.25, 0.3) is 11.0 Å². The second-order valence-electron chi connectivity index (χ2n) is 7.08. The van der Waals surface area contributed by atoms with Crippen molar-refractivity contribution in [3.8, 4) is 0 Å². The molecule has 2 bridgehead atoms. The molecule has 2 aliphatic rings. The van der Waals surface area contributed by atoms with Crippen molar-refractivity contribution >= 4 is 16.7 Å². The molecule has 0 saturated heterocycles. The van der Waals surface area contributed by atoms with E-state index in [4.69, 9.17) is 10.7 Å². The van der Waals surface area contributed by atoms with Crippen LogP contribution >= 0.6 is 0 Å². The second-order valence-corrected chi connectivity index (χ2v) is 7.08. The first kappa shape index (κ1) is 13.2. The molecular weight excluding hydrogens is 258 g/mol. The Hall–Kier alpha value is -1.51. The van der Waals surface area contributed by atoms with Crippen LogP contribution in [-0.4, -0.2) is 9.55 Å². The van der Waals surface area contributed by atoms with Gasteiger partial charge in [-0.2, -0.15) is 0 Å². The van der Waals surface area contributed by atoms with E-state index in [9.17, 15) is 0 Å². The molecule has 0 amide bonds. The third-order valence-electron chi connectivity index (χ3n) is 5.92. The van der Waals surface area contributed by atoms with Gasteiger partial charge in [-0.3, -0.25) is 0 Å². The number of hydrogen-bond donors (Lipinski definition) is 1. The molecule has 3 nitrogen and oxygen atoms in total. The van der Waals surface area contributed by atoms with Crippen molar-refractivity contribution in [3.05, 3.63) is 24.0 Å². The van der Waals surface area contributed by atoms with Gasteiger partial charge in [0.2, 0.25) is 0 Å². The topological polar surface area (TPSA) is 43.8 Å². The van der Waals surface area contributed by atoms with E-state index in [1.807, 2.05) is 12.1 Å². The van der Waals surface area contributed by atoms with E-state index in [1.54, 1.807) is 0 Å². The quantitative estimate of drug-likeness (QED) is 0.859. The van der Waals surface area contributed by atoms with E-state index in [1.165, 1.54) is 37.0 Å². The van der Waals surface area contributed by atoms with Crippen LogP contribution in [-0.2, 0) is 6.42 Å². The molecule has 2 N–H and O–H groups in total. The fourth-order valence-corrected chi connectivity index (χ4v) is 4.95. The summed E-state index contributed by atoms with van der Waals surface area (Å²) < 4.78 is 2.50. The lowest BCUT2D eigenvalue weighted by Crippen LogP contribution is -2.23. The Balaban J connectivity index is 1.77. The minimum absolute atomic E-state index is 0.559. The maximum absolute atomic E-state index is 5.92. The maximum atomic E-state index is 5.92. The van der Waals surface area contributed by atoms with Crippen molar-refractivity contribution in [1.82, 2.24) is 9.55 Å². The Morgan fingerprint density at radius 2 is 2.19 bits per heavy atom. The largest absolute Gasteiger partial charge is 0.399 e. The molecule has 4 atom stereocenters. The number of fused-ring (bicyclic) bond motifs is 3. The van der Waals surface area contributed by atoms with Gasteiger partial charge in [-0.1, -0.05) is 13.3 Å². The lowest BCUT2D eigenvalue weighted by Gasteiger charge is -2.30. The normalized spacial score (nSPS) is 29.3. The molecule has 1 heterocycles. The number of nitrogen functional groups attached to an aromatic ring is 1. The molecule has 21 heavy (non-hydrogen) atoms. The zero-order valence-corrected chi connectivity index (χ0v) is 13.0. The summed E-state index contributed by atoms with van der Waals surface area (Å²) in [7, 11) is 0. The van der Waals surface area contributed by atoms with Gasteiger partial charge in [0.25, 0.3) is 0 Å². The maximum Gasteiger partial charge on any atom is 0.109 e. The van der Waals surface area contributed by atoms with E-state index in [-0.39, 0.29) is 0 Å². The minimum atomic E-state index is 0.559. The highest BCUT2D eigenvalue weighted by Crippen LogP contribution is 2.52. The van der Waals surface area contributed by atoms with Gasteiger partial charge in [0.05, 0.1) is 11.0 Å². The number of nitrogens with zero attached hydrogens (tertiary/aromatic N) is 2. The molecule has 4 unspecified atom stereocenters. The van der Waals surface area contributed by atoms with Crippen molar-refractivity contribution < 1.29 is 0 Å². The molecule has 112 valence electrons. The first-order valence-electron chi connectivity index (χ1n) is 8.43. The molecule has 4 rings (SSSR count). The van der Waals surface area contributed by atoms with Crippen molar-refractivity contribution in [3.63, 3.8) is 0 Å². The molecule has 2 aromatic rings. The monoisotopic (exact) mass is 283 g/mol. The molecule has 2 fully saturated rings. The molecule has 0 radical (unpaired) electrons. The predicted octanol–water partition coefficient (Wildman–Crippen LogP) is 4.18. The molecule has 2 aliphatic carbocycles. The van der Waals surface area contributed by atoms with Crippen LogP contribution in [0.1, 0.15) is 51.4 Å². The molecule has 3 heteroatoms. The zero-order chi connectivity index (χ0) is 14.6. The number of aromatic nitrogens is 2. The van der Waals surface area contributed by atoms with Crippen molar-refractivity contribution in [2.45, 2.75) is 52.0 Å². The van der Waals surface area contributed by atoms with E-state index in [0.717, 1.165) is 35.4 Å².